The minimum Gasteiger partial charge on any atom is -0.438 e. The van der Waals surface area contributed by atoms with Gasteiger partial charge in [0.15, 0.2) is 21.3 Å². The minimum atomic E-state index is -3.46. The van der Waals surface area contributed by atoms with E-state index in [0.29, 0.717) is 22.8 Å². The monoisotopic (exact) mass is 497 g/mol. The summed E-state index contributed by atoms with van der Waals surface area (Å²) in [5.74, 6) is -0.781. The lowest BCUT2D eigenvalue weighted by atomic mass is 10.2. The van der Waals surface area contributed by atoms with Crippen molar-refractivity contribution in [1.82, 2.24) is 24.4 Å². The maximum atomic E-state index is 12.7. The van der Waals surface area contributed by atoms with Crippen LogP contribution in [0.15, 0.2) is 42.6 Å². The Morgan fingerprint density at radius 1 is 1.06 bits per heavy atom. The molecule has 2 amide bonds. The molecule has 0 saturated heterocycles. The van der Waals surface area contributed by atoms with Gasteiger partial charge < -0.3 is 15.4 Å². The molecule has 0 atom stereocenters. The van der Waals surface area contributed by atoms with Gasteiger partial charge in [-0.05, 0) is 37.6 Å². The molecule has 12 nitrogen and oxygen atoms in total. The number of hydrogen-bond donors (Lipinski definition) is 2. The van der Waals surface area contributed by atoms with E-state index in [-0.39, 0.29) is 17.6 Å². The number of sulfone groups is 1. The number of fused-ring (bicyclic) bond motifs is 1. The predicted octanol–water partition coefficient (Wildman–Crippen LogP) is 2.11. The van der Waals surface area contributed by atoms with E-state index >= 15 is 0 Å². The molecule has 0 aliphatic carbocycles. The number of aryl methyl sites for hydroxylation is 3. The normalized spacial score (nSPS) is 11.4. The third kappa shape index (κ3) is 5.81. The van der Waals surface area contributed by atoms with Gasteiger partial charge in [-0.15, -0.1) is 5.10 Å². The molecule has 0 aliphatic heterocycles. The summed E-state index contributed by atoms with van der Waals surface area (Å²) in [6.07, 6.45) is 2.42. The lowest BCUT2D eigenvalue weighted by molar-refractivity contribution is -0.113. The second-order valence-electron chi connectivity index (χ2n) is 8.05. The fraction of sp³-hybridized carbons (Fsp3) is 0.227. The molecule has 0 bridgehead atoms. The highest BCUT2D eigenvalue weighted by atomic mass is 32.2. The summed E-state index contributed by atoms with van der Waals surface area (Å²) in [7, 11) is -1.76. The van der Waals surface area contributed by atoms with E-state index in [1.54, 1.807) is 37.4 Å². The van der Waals surface area contributed by atoms with Gasteiger partial charge in [-0.1, -0.05) is 6.07 Å². The number of hydrogen-bond acceptors (Lipinski definition) is 8. The van der Waals surface area contributed by atoms with Crippen molar-refractivity contribution in [3.05, 3.63) is 59.5 Å². The quantitative estimate of drug-likeness (QED) is 0.394. The van der Waals surface area contributed by atoms with Crippen LogP contribution in [-0.4, -0.2) is 56.6 Å². The fourth-order valence-corrected chi connectivity index (χ4v) is 3.87. The van der Waals surface area contributed by atoms with Gasteiger partial charge in [0.05, 0.1) is 11.9 Å². The highest BCUT2D eigenvalue weighted by Crippen LogP contribution is 2.26. The van der Waals surface area contributed by atoms with Gasteiger partial charge in [-0.2, -0.15) is 5.10 Å². The third-order valence-electron chi connectivity index (χ3n) is 4.87. The number of ether oxygens (including phenoxy) is 1. The van der Waals surface area contributed by atoms with Crippen LogP contribution in [0.25, 0.3) is 5.65 Å². The zero-order chi connectivity index (χ0) is 25.3. The highest BCUT2D eigenvalue weighted by molar-refractivity contribution is 7.91. The molecule has 35 heavy (non-hydrogen) atoms. The van der Waals surface area contributed by atoms with E-state index < -0.39 is 21.5 Å². The van der Waals surface area contributed by atoms with Crippen molar-refractivity contribution >= 4 is 38.8 Å². The molecule has 3 heterocycles. The molecule has 0 aliphatic rings. The number of amides is 2. The van der Waals surface area contributed by atoms with E-state index in [4.69, 9.17) is 4.74 Å². The molecular formula is C22H23N7O5S. The van der Waals surface area contributed by atoms with Gasteiger partial charge in [0.2, 0.25) is 11.8 Å². The van der Waals surface area contributed by atoms with E-state index in [0.717, 1.165) is 17.5 Å². The Balaban J connectivity index is 1.50. The number of carbonyl (C=O) groups excluding carboxylic acids is 2. The number of aromatic nitrogens is 5. The second-order valence-corrected chi connectivity index (χ2v) is 10.2. The Bertz CT molecular complexity index is 1560. The highest BCUT2D eigenvalue weighted by Gasteiger charge is 2.15. The van der Waals surface area contributed by atoms with Gasteiger partial charge in [0.25, 0.3) is 5.91 Å². The third-order valence-corrected chi connectivity index (χ3v) is 5.66. The SMILES string of the molecule is Cc1cc(C(=O)Nc2cc(Oc3ccc4nc(NC(=O)CS(C)(=O)=O)cn4n3)ccc2C)n(C)n1. The number of anilines is 2. The Hall–Kier alpha value is -4.26. The van der Waals surface area contributed by atoms with E-state index in [9.17, 15) is 18.0 Å². The first-order valence-electron chi connectivity index (χ1n) is 10.4. The average Bonchev–Trinajstić information content (AvgIpc) is 3.29. The summed E-state index contributed by atoms with van der Waals surface area (Å²) in [6, 6.07) is 10.2. The molecule has 0 unspecified atom stereocenters. The van der Waals surface area contributed by atoms with Crippen LogP contribution in [0.1, 0.15) is 21.7 Å². The molecule has 4 aromatic rings. The predicted molar refractivity (Wildman–Crippen MR) is 128 cm³/mol. The molecule has 0 spiro atoms. The first kappa shape index (κ1) is 23.9. The van der Waals surface area contributed by atoms with Gasteiger partial charge in [-0.25, -0.2) is 17.9 Å². The second kappa shape index (κ2) is 9.18. The molecular weight excluding hydrogens is 474 g/mol. The van der Waals surface area contributed by atoms with Crippen LogP contribution in [0.5, 0.6) is 11.6 Å². The van der Waals surface area contributed by atoms with Gasteiger partial charge in [0, 0.05) is 31.1 Å². The lowest BCUT2D eigenvalue weighted by Gasteiger charge is -2.11. The van der Waals surface area contributed by atoms with E-state index in [1.165, 1.54) is 15.4 Å². The summed E-state index contributed by atoms with van der Waals surface area (Å²) in [5.41, 5.74) is 3.02. The van der Waals surface area contributed by atoms with Crippen molar-refractivity contribution in [2.75, 3.05) is 22.6 Å². The minimum absolute atomic E-state index is 0.161. The smallest absolute Gasteiger partial charge is 0.273 e. The molecule has 1 aromatic carbocycles. The summed E-state index contributed by atoms with van der Waals surface area (Å²) < 4.78 is 31.3. The Kier molecular flexibility index (Phi) is 6.26. The van der Waals surface area contributed by atoms with Crippen molar-refractivity contribution in [3.63, 3.8) is 0 Å². The number of imidazole rings is 1. The van der Waals surface area contributed by atoms with E-state index in [1.807, 2.05) is 19.9 Å². The zero-order valence-corrected chi connectivity index (χ0v) is 20.3. The maximum Gasteiger partial charge on any atom is 0.273 e. The van der Waals surface area contributed by atoms with Crippen molar-refractivity contribution < 1.29 is 22.7 Å². The van der Waals surface area contributed by atoms with Crippen LogP contribution < -0.4 is 15.4 Å². The first-order valence-corrected chi connectivity index (χ1v) is 12.5. The number of benzene rings is 1. The average molecular weight is 498 g/mol. The summed E-state index contributed by atoms with van der Waals surface area (Å²) >= 11 is 0. The number of rotatable bonds is 7. The van der Waals surface area contributed by atoms with Crippen LogP contribution in [0.2, 0.25) is 0 Å². The molecule has 13 heteroatoms. The number of nitrogens with zero attached hydrogens (tertiary/aromatic N) is 5. The molecule has 0 radical (unpaired) electrons. The molecule has 0 fully saturated rings. The number of carbonyl (C=O) groups is 2. The van der Waals surface area contributed by atoms with Gasteiger partial charge in [-0.3, -0.25) is 14.3 Å². The molecule has 4 rings (SSSR count). The molecule has 182 valence electrons. The summed E-state index contributed by atoms with van der Waals surface area (Å²) in [5, 5.41) is 13.8. The lowest BCUT2D eigenvalue weighted by Crippen LogP contribution is -2.22. The van der Waals surface area contributed by atoms with Crippen LogP contribution in [0.4, 0.5) is 11.5 Å². The summed E-state index contributed by atoms with van der Waals surface area (Å²) in [6.45, 7) is 3.68. The van der Waals surface area contributed by atoms with Crippen LogP contribution in [0, 0.1) is 13.8 Å². The van der Waals surface area contributed by atoms with Crippen molar-refractivity contribution in [2.24, 2.45) is 7.05 Å². The largest absolute Gasteiger partial charge is 0.438 e. The Morgan fingerprint density at radius 2 is 1.83 bits per heavy atom. The van der Waals surface area contributed by atoms with Gasteiger partial charge in [0.1, 0.15) is 17.2 Å². The van der Waals surface area contributed by atoms with Crippen molar-refractivity contribution in [1.29, 1.82) is 0 Å². The molecule has 2 N–H and O–H groups in total. The Labute approximate surface area is 200 Å². The molecule has 0 saturated carbocycles. The first-order chi connectivity index (χ1) is 16.5. The van der Waals surface area contributed by atoms with Crippen LogP contribution in [0.3, 0.4) is 0 Å². The van der Waals surface area contributed by atoms with Crippen molar-refractivity contribution in [2.45, 2.75) is 13.8 Å². The zero-order valence-electron chi connectivity index (χ0n) is 19.4. The van der Waals surface area contributed by atoms with E-state index in [2.05, 4.69) is 25.8 Å². The number of nitrogens with one attached hydrogen (secondary N) is 2. The van der Waals surface area contributed by atoms with Crippen LogP contribution in [-0.2, 0) is 21.7 Å². The summed E-state index contributed by atoms with van der Waals surface area (Å²) in [4.78, 5) is 28.7. The standard InChI is InChI=1S/C22H23N7O5S/c1-13-5-6-15(10-16(13)23-22(31)17-9-14(2)26-28(17)3)34-21-8-7-19-24-18(11-29(19)27-21)25-20(30)12-35(4,32)33/h5-11H,12H2,1-4H3,(H,23,31)(H,25,30). The Morgan fingerprint density at radius 3 is 2.51 bits per heavy atom. The fourth-order valence-electron chi connectivity index (χ4n) is 3.33. The van der Waals surface area contributed by atoms with Gasteiger partial charge >= 0.3 is 0 Å². The topological polar surface area (TPSA) is 150 Å². The molecule has 3 aromatic heterocycles. The van der Waals surface area contributed by atoms with Crippen LogP contribution >= 0.6 is 0 Å². The maximum absolute atomic E-state index is 12.7. The van der Waals surface area contributed by atoms with Crippen molar-refractivity contribution in [3.8, 4) is 11.6 Å².